The van der Waals surface area contributed by atoms with Crippen molar-refractivity contribution in [3.05, 3.63) is 30.1 Å². The van der Waals surface area contributed by atoms with Crippen molar-refractivity contribution >= 4 is 22.0 Å². The first-order chi connectivity index (χ1) is 6.47. The second-order valence-corrected chi connectivity index (χ2v) is 5.20. The molecule has 0 aromatic heterocycles. The van der Waals surface area contributed by atoms with E-state index >= 15 is 0 Å². The van der Waals surface area contributed by atoms with Crippen molar-refractivity contribution < 1.29 is 16.7 Å². The first kappa shape index (κ1) is 11.5. The zero-order valence-electron chi connectivity index (χ0n) is 7.11. The van der Waals surface area contributed by atoms with E-state index in [1.54, 1.807) is 0 Å². The lowest BCUT2D eigenvalue weighted by atomic mass is 10.4. The molecule has 0 radical (unpaired) electrons. The standard InChI is InChI=1S/C8H8F2O2S2/c9-7-1-3-8(4-2-7)13-5-6-14(10,11)12/h1-4H,5-6H2. The lowest BCUT2D eigenvalue weighted by molar-refractivity contribution is 0.554. The van der Waals surface area contributed by atoms with Crippen LogP contribution in [0, 0.1) is 5.82 Å². The molecule has 0 aliphatic heterocycles. The summed E-state index contributed by atoms with van der Waals surface area (Å²) in [7, 11) is -4.40. The first-order valence-corrected chi connectivity index (χ1v) is 6.32. The van der Waals surface area contributed by atoms with Crippen LogP contribution < -0.4 is 0 Å². The van der Waals surface area contributed by atoms with Gasteiger partial charge in [-0.1, -0.05) is 0 Å². The van der Waals surface area contributed by atoms with Gasteiger partial charge in [0.2, 0.25) is 0 Å². The van der Waals surface area contributed by atoms with Crippen LogP contribution in [0.3, 0.4) is 0 Å². The van der Waals surface area contributed by atoms with Crippen LogP contribution in [0.4, 0.5) is 8.28 Å². The molecule has 0 bridgehead atoms. The summed E-state index contributed by atoms with van der Waals surface area (Å²) >= 11 is 1.17. The summed E-state index contributed by atoms with van der Waals surface area (Å²) in [6.07, 6.45) is 0. The van der Waals surface area contributed by atoms with Gasteiger partial charge in [-0.15, -0.1) is 15.6 Å². The van der Waals surface area contributed by atoms with Crippen molar-refractivity contribution in [2.75, 3.05) is 11.5 Å². The Kier molecular flexibility index (Phi) is 3.88. The molecular weight excluding hydrogens is 230 g/mol. The Labute approximate surface area is 85.5 Å². The van der Waals surface area contributed by atoms with E-state index in [9.17, 15) is 16.7 Å². The van der Waals surface area contributed by atoms with E-state index < -0.39 is 16.0 Å². The van der Waals surface area contributed by atoms with Crippen molar-refractivity contribution in [3.8, 4) is 0 Å². The Hall–Kier alpha value is -0.620. The Bertz CT molecular complexity index is 386. The fraction of sp³-hybridized carbons (Fsp3) is 0.250. The Balaban J connectivity index is 2.43. The maximum Gasteiger partial charge on any atom is 0.303 e. The van der Waals surface area contributed by atoms with Gasteiger partial charge in [-0.2, -0.15) is 8.42 Å². The highest BCUT2D eigenvalue weighted by Crippen LogP contribution is 2.18. The molecule has 0 unspecified atom stereocenters. The second-order valence-electron chi connectivity index (χ2n) is 2.55. The minimum Gasteiger partial charge on any atom is -0.207 e. The molecule has 0 atom stereocenters. The van der Waals surface area contributed by atoms with Crippen molar-refractivity contribution in [3.63, 3.8) is 0 Å². The van der Waals surface area contributed by atoms with Crippen LogP contribution in [0.25, 0.3) is 0 Å². The molecule has 1 aromatic carbocycles. The molecule has 78 valence electrons. The number of hydrogen-bond acceptors (Lipinski definition) is 3. The molecule has 14 heavy (non-hydrogen) atoms. The molecule has 1 rings (SSSR count). The summed E-state index contributed by atoms with van der Waals surface area (Å²) in [5.41, 5.74) is 0. The quantitative estimate of drug-likeness (QED) is 0.596. The third-order valence-corrected chi connectivity index (χ3v) is 3.37. The van der Waals surface area contributed by atoms with E-state index in [4.69, 9.17) is 0 Å². The van der Waals surface area contributed by atoms with Gasteiger partial charge in [-0.3, -0.25) is 0 Å². The van der Waals surface area contributed by atoms with E-state index in [0.717, 1.165) is 4.90 Å². The third-order valence-electron chi connectivity index (χ3n) is 1.41. The largest absolute Gasteiger partial charge is 0.303 e. The molecule has 0 aliphatic rings. The number of halogens is 2. The Morgan fingerprint density at radius 3 is 2.29 bits per heavy atom. The van der Waals surface area contributed by atoms with E-state index in [1.807, 2.05) is 0 Å². The van der Waals surface area contributed by atoms with Gasteiger partial charge in [-0.25, -0.2) is 4.39 Å². The minimum absolute atomic E-state index is 0.129. The molecule has 0 N–H and O–H groups in total. The number of benzene rings is 1. The van der Waals surface area contributed by atoms with E-state index in [1.165, 1.54) is 36.0 Å². The average molecular weight is 238 g/mol. The predicted octanol–water partition coefficient (Wildman–Crippen LogP) is 2.22. The van der Waals surface area contributed by atoms with E-state index in [0.29, 0.717) is 0 Å². The lowest BCUT2D eigenvalue weighted by Crippen LogP contribution is -2.00. The van der Waals surface area contributed by atoms with Crippen LogP contribution in [-0.4, -0.2) is 19.9 Å². The summed E-state index contributed by atoms with van der Waals surface area (Å²) in [6, 6.07) is 5.58. The van der Waals surface area contributed by atoms with Gasteiger partial charge in [0.05, 0.1) is 5.75 Å². The van der Waals surface area contributed by atoms with Crippen molar-refractivity contribution in [2.24, 2.45) is 0 Å². The number of hydrogen-bond donors (Lipinski definition) is 0. The van der Waals surface area contributed by atoms with Gasteiger partial charge < -0.3 is 0 Å². The summed E-state index contributed by atoms with van der Waals surface area (Å²) < 4.78 is 44.8. The Morgan fingerprint density at radius 2 is 1.79 bits per heavy atom. The monoisotopic (exact) mass is 238 g/mol. The second kappa shape index (κ2) is 4.75. The normalized spacial score (nSPS) is 11.6. The molecule has 0 spiro atoms. The molecular formula is C8H8F2O2S2. The summed E-state index contributed by atoms with van der Waals surface area (Å²) in [6.45, 7) is 0. The minimum atomic E-state index is -4.40. The maximum atomic E-state index is 12.4. The molecule has 2 nitrogen and oxygen atoms in total. The molecule has 0 saturated heterocycles. The molecule has 1 aromatic rings. The van der Waals surface area contributed by atoms with Crippen LogP contribution in [0.2, 0.25) is 0 Å². The lowest BCUT2D eigenvalue weighted by Gasteiger charge is -1.98. The average Bonchev–Trinajstić information content (AvgIpc) is 2.06. The van der Waals surface area contributed by atoms with Crippen molar-refractivity contribution in [2.45, 2.75) is 4.90 Å². The highest BCUT2D eigenvalue weighted by atomic mass is 32.3. The molecule has 0 amide bonds. The maximum absolute atomic E-state index is 12.4. The van der Waals surface area contributed by atoms with E-state index in [-0.39, 0.29) is 11.6 Å². The van der Waals surface area contributed by atoms with Gasteiger partial charge in [0.25, 0.3) is 0 Å². The van der Waals surface area contributed by atoms with Crippen LogP contribution in [0.1, 0.15) is 0 Å². The molecule has 0 heterocycles. The van der Waals surface area contributed by atoms with Crippen LogP contribution in [0.5, 0.6) is 0 Å². The molecule has 0 saturated carbocycles. The van der Waals surface area contributed by atoms with Crippen molar-refractivity contribution in [1.29, 1.82) is 0 Å². The molecule has 0 aliphatic carbocycles. The summed E-state index contributed by atoms with van der Waals surface area (Å²) in [4.78, 5) is 0.718. The zero-order chi connectivity index (χ0) is 10.6. The summed E-state index contributed by atoms with van der Waals surface area (Å²) in [5.74, 6) is -0.744. The first-order valence-electron chi connectivity index (χ1n) is 3.78. The van der Waals surface area contributed by atoms with Crippen LogP contribution in [-0.2, 0) is 10.2 Å². The molecule has 0 fully saturated rings. The highest BCUT2D eigenvalue weighted by Gasteiger charge is 2.06. The fourth-order valence-electron chi connectivity index (χ4n) is 0.790. The smallest absolute Gasteiger partial charge is 0.207 e. The van der Waals surface area contributed by atoms with Gasteiger partial charge in [0.1, 0.15) is 5.82 Å². The topological polar surface area (TPSA) is 34.1 Å². The SMILES string of the molecule is O=S(=O)(F)CCSc1ccc(F)cc1. The van der Waals surface area contributed by atoms with Gasteiger partial charge >= 0.3 is 10.2 Å². The van der Waals surface area contributed by atoms with Crippen molar-refractivity contribution in [1.82, 2.24) is 0 Å². The zero-order valence-corrected chi connectivity index (χ0v) is 8.75. The van der Waals surface area contributed by atoms with Crippen LogP contribution in [0.15, 0.2) is 29.2 Å². The number of rotatable bonds is 4. The number of thioether (sulfide) groups is 1. The predicted molar refractivity (Wildman–Crippen MR) is 52.0 cm³/mol. The molecule has 6 heteroatoms. The van der Waals surface area contributed by atoms with Gasteiger partial charge in [0.15, 0.2) is 0 Å². The third kappa shape index (κ3) is 4.57. The fourth-order valence-corrected chi connectivity index (χ4v) is 2.48. The van der Waals surface area contributed by atoms with E-state index in [2.05, 4.69) is 0 Å². The van der Waals surface area contributed by atoms with Crippen LogP contribution >= 0.6 is 11.8 Å². The van der Waals surface area contributed by atoms with Gasteiger partial charge in [0, 0.05) is 10.6 Å². The van der Waals surface area contributed by atoms with Gasteiger partial charge in [-0.05, 0) is 24.3 Å². The summed E-state index contributed by atoms with van der Waals surface area (Å²) in [5, 5.41) is 0. The highest BCUT2D eigenvalue weighted by molar-refractivity contribution is 8.00. The Morgan fingerprint density at radius 1 is 1.21 bits per heavy atom.